The Kier molecular flexibility index (Phi) is 4.72. The van der Waals surface area contributed by atoms with Crippen LogP contribution >= 0.6 is 11.6 Å². The van der Waals surface area contributed by atoms with Gasteiger partial charge in [0.05, 0.1) is 11.1 Å². The summed E-state index contributed by atoms with van der Waals surface area (Å²) in [5, 5.41) is 37.8. The van der Waals surface area contributed by atoms with Gasteiger partial charge < -0.3 is 15.3 Å². The van der Waals surface area contributed by atoms with Crippen molar-refractivity contribution in [1.82, 2.24) is 9.97 Å². The first-order chi connectivity index (χ1) is 14.3. The summed E-state index contributed by atoms with van der Waals surface area (Å²) in [6.45, 7) is 0. The highest BCUT2D eigenvalue weighted by molar-refractivity contribution is 6.33. The van der Waals surface area contributed by atoms with Crippen LogP contribution in [0.25, 0.3) is 21.7 Å². The summed E-state index contributed by atoms with van der Waals surface area (Å²) < 4.78 is 0. The third-order valence-electron chi connectivity index (χ3n) is 4.37. The minimum Gasteiger partial charge on any atom is -0.507 e. The number of benzene rings is 2. The molecule has 9 nitrogen and oxygen atoms in total. The van der Waals surface area contributed by atoms with E-state index in [1.807, 2.05) is 0 Å². The van der Waals surface area contributed by atoms with Crippen molar-refractivity contribution in [2.75, 3.05) is 0 Å². The van der Waals surface area contributed by atoms with Gasteiger partial charge in [0.25, 0.3) is 0 Å². The molecule has 4 aromatic rings. The van der Waals surface area contributed by atoms with E-state index in [0.29, 0.717) is 10.8 Å². The van der Waals surface area contributed by atoms with Crippen LogP contribution in [0.5, 0.6) is 5.75 Å². The first-order valence-electron chi connectivity index (χ1n) is 8.44. The van der Waals surface area contributed by atoms with Gasteiger partial charge in [-0.05, 0) is 47.9 Å². The number of rotatable bonds is 4. The molecule has 4 rings (SSSR count). The van der Waals surface area contributed by atoms with Crippen molar-refractivity contribution in [2.24, 2.45) is 10.2 Å². The predicted molar refractivity (Wildman–Crippen MR) is 108 cm³/mol. The predicted octanol–water partition coefficient (Wildman–Crippen LogP) is 4.95. The molecule has 0 aliphatic rings. The van der Waals surface area contributed by atoms with Crippen LogP contribution in [-0.4, -0.2) is 37.2 Å². The Labute approximate surface area is 172 Å². The van der Waals surface area contributed by atoms with E-state index in [9.17, 15) is 19.8 Å². The first-order valence-corrected chi connectivity index (χ1v) is 8.82. The molecule has 148 valence electrons. The van der Waals surface area contributed by atoms with Gasteiger partial charge in [-0.25, -0.2) is 19.6 Å². The molecule has 0 saturated heterocycles. The lowest BCUT2D eigenvalue weighted by atomic mass is 10.1. The lowest BCUT2D eigenvalue weighted by Crippen LogP contribution is -1.99. The number of aromatic hydroxyl groups is 1. The molecule has 0 aliphatic heterocycles. The Morgan fingerprint density at radius 3 is 2.47 bits per heavy atom. The van der Waals surface area contributed by atoms with E-state index in [0.717, 1.165) is 0 Å². The number of aromatic carboxylic acids is 2. The van der Waals surface area contributed by atoms with Gasteiger partial charge in [-0.1, -0.05) is 11.6 Å². The lowest BCUT2D eigenvalue weighted by Gasteiger charge is -2.06. The topological polar surface area (TPSA) is 145 Å². The molecular weight excluding hydrogens is 412 g/mol. The number of carboxylic acids is 2. The fraction of sp³-hybridized carbons (Fsp3) is 0. The molecule has 3 N–H and O–H groups in total. The summed E-state index contributed by atoms with van der Waals surface area (Å²) in [6, 6.07) is 10.2. The fourth-order valence-corrected chi connectivity index (χ4v) is 3.13. The second-order valence-electron chi connectivity index (χ2n) is 6.21. The zero-order chi connectivity index (χ0) is 21.4. The number of hydrogen-bond donors (Lipinski definition) is 3. The van der Waals surface area contributed by atoms with E-state index in [1.165, 1.54) is 36.5 Å². The maximum Gasteiger partial charge on any atom is 0.338 e. The molecule has 0 fully saturated rings. The van der Waals surface area contributed by atoms with Crippen molar-refractivity contribution < 1.29 is 24.9 Å². The largest absolute Gasteiger partial charge is 0.507 e. The number of fused-ring (bicyclic) bond motifs is 2. The average molecular weight is 423 g/mol. The Balaban J connectivity index is 1.83. The van der Waals surface area contributed by atoms with Crippen LogP contribution < -0.4 is 0 Å². The average Bonchev–Trinajstić information content (AvgIpc) is 2.72. The number of carbonyl (C=O) groups is 2. The highest BCUT2D eigenvalue weighted by Crippen LogP contribution is 2.35. The van der Waals surface area contributed by atoms with Gasteiger partial charge in [0.2, 0.25) is 0 Å². The van der Waals surface area contributed by atoms with Gasteiger partial charge in [-0.3, -0.25) is 0 Å². The van der Waals surface area contributed by atoms with Crippen LogP contribution in [0.2, 0.25) is 5.15 Å². The molecule has 2 heterocycles. The molecule has 2 aromatic heterocycles. The summed E-state index contributed by atoms with van der Waals surface area (Å²) in [5.41, 5.74) is 0.289. The molecule has 0 unspecified atom stereocenters. The molecule has 10 heteroatoms. The minimum atomic E-state index is -1.28. The van der Waals surface area contributed by atoms with Gasteiger partial charge in [-0.15, -0.1) is 10.2 Å². The Morgan fingerprint density at radius 2 is 1.73 bits per heavy atom. The van der Waals surface area contributed by atoms with Crippen molar-refractivity contribution >= 4 is 56.7 Å². The summed E-state index contributed by atoms with van der Waals surface area (Å²) in [7, 11) is 0. The molecule has 0 amide bonds. The van der Waals surface area contributed by atoms with Gasteiger partial charge in [-0.2, -0.15) is 0 Å². The summed E-state index contributed by atoms with van der Waals surface area (Å²) >= 11 is 5.95. The van der Waals surface area contributed by atoms with E-state index in [1.54, 1.807) is 12.1 Å². The van der Waals surface area contributed by atoms with Gasteiger partial charge in [0, 0.05) is 17.0 Å². The Hall–Kier alpha value is -4.11. The standard InChI is InChI=1S/C20H11ClN4O5/c21-17-13(20(29)30)8-12-15(26)4-3-14(16(12)23-17)24-25-18-11-2-1-10(19(27)28)7-9(11)5-6-22-18/h1-8,26H,(H,27,28)(H,29,30). The fourth-order valence-electron chi connectivity index (χ4n) is 2.91. The quantitative estimate of drug-likeness (QED) is 0.311. The number of hydrogen-bond acceptors (Lipinski definition) is 7. The lowest BCUT2D eigenvalue weighted by molar-refractivity contribution is 0.0686. The Morgan fingerprint density at radius 1 is 0.933 bits per heavy atom. The number of phenolic OH excluding ortho intramolecular Hbond substituents is 1. The van der Waals surface area contributed by atoms with Crippen molar-refractivity contribution in [1.29, 1.82) is 0 Å². The van der Waals surface area contributed by atoms with Crippen LogP contribution in [-0.2, 0) is 0 Å². The SMILES string of the molecule is O=C(O)c1ccc2c(N=Nc3ccc(O)c4cc(C(=O)O)c(Cl)nc34)nccc2c1. The third kappa shape index (κ3) is 3.38. The molecular formula is C20H11ClN4O5. The van der Waals surface area contributed by atoms with Crippen LogP contribution in [0.15, 0.2) is 58.9 Å². The van der Waals surface area contributed by atoms with Crippen LogP contribution in [0, 0.1) is 0 Å². The maximum atomic E-state index is 11.3. The van der Waals surface area contributed by atoms with Crippen molar-refractivity contribution in [2.45, 2.75) is 0 Å². The van der Waals surface area contributed by atoms with E-state index in [4.69, 9.17) is 16.7 Å². The summed E-state index contributed by atoms with van der Waals surface area (Å²) in [5.74, 6) is -2.25. The highest BCUT2D eigenvalue weighted by atomic mass is 35.5. The molecule has 0 saturated carbocycles. The first kappa shape index (κ1) is 19.2. The number of phenols is 1. The Bertz CT molecular complexity index is 1390. The zero-order valence-corrected chi connectivity index (χ0v) is 15.7. The summed E-state index contributed by atoms with van der Waals surface area (Å²) in [6.07, 6.45) is 1.48. The van der Waals surface area contributed by atoms with Gasteiger partial charge in [0.1, 0.15) is 22.1 Å². The molecule has 30 heavy (non-hydrogen) atoms. The zero-order valence-electron chi connectivity index (χ0n) is 14.9. The van der Waals surface area contributed by atoms with Crippen molar-refractivity contribution in [3.05, 3.63) is 64.9 Å². The number of nitrogens with zero attached hydrogens (tertiary/aromatic N) is 4. The summed E-state index contributed by atoms with van der Waals surface area (Å²) in [4.78, 5) is 30.6. The number of halogens is 1. The van der Waals surface area contributed by atoms with E-state index in [2.05, 4.69) is 20.2 Å². The van der Waals surface area contributed by atoms with Crippen LogP contribution in [0.3, 0.4) is 0 Å². The third-order valence-corrected chi connectivity index (χ3v) is 4.65. The number of aromatic nitrogens is 2. The molecule has 0 atom stereocenters. The second-order valence-corrected chi connectivity index (χ2v) is 6.57. The van der Waals surface area contributed by atoms with Crippen LogP contribution in [0.1, 0.15) is 20.7 Å². The number of azo groups is 1. The second kappa shape index (κ2) is 7.37. The van der Waals surface area contributed by atoms with Gasteiger partial charge in [0.15, 0.2) is 5.82 Å². The highest BCUT2D eigenvalue weighted by Gasteiger charge is 2.16. The van der Waals surface area contributed by atoms with Crippen molar-refractivity contribution in [3.8, 4) is 5.75 Å². The molecule has 0 spiro atoms. The van der Waals surface area contributed by atoms with Crippen LogP contribution in [0.4, 0.5) is 11.5 Å². The minimum absolute atomic E-state index is 0.134. The van der Waals surface area contributed by atoms with Gasteiger partial charge >= 0.3 is 11.9 Å². The maximum absolute atomic E-state index is 11.3. The van der Waals surface area contributed by atoms with E-state index in [-0.39, 0.29) is 44.4 Å². The molecule has 0 aliphatic carbocycles. The molecule has 2 aromatic carbocycles. The van der Waals surface area contributed by atoms with Crippen molar-refractivity contribution in [3.63, 3.8) is 0 Å². The monoisotopic (exact) mass is 422 g/mol. The molecule has 0 radical (unpaired) electrons. The van der Waals surface area contributed by atoms with E-state index < -0.39 is 11.9 Å². The molecule has 0 bridgehead atoms. The number of pyridine rings is 2. The number of carboxylic acid groups (broad SMARTS) is 2. The van der Waals surface area contributed by atoms with E-state index >= 15 is 0 Å². The normalized spacial score (nSPS) is 11.4. The smallest absolute Gasteiger partial charge is 0.338 e.